The summed E-state index contributed by atoms with van der Waals surface area (Å²) in [5.74, 6) is -0.514. The van der Waals surface area contributed by atoms with E-state index in [1.807, 2.05) is 0 Å². The first-order chi connectivity index (χ1) is 6.86. The fraction of sp³-hybridized carbons (Fsp3) is 0.889. The molecule has 2 fully saturated rings. The third-order valence-corrected chi connectivity index (χ3v) is 6.28. The molecule has 1 saturated heterocycles. The average molecular weight is 269 g/mol. The van der Waals surface area contributed by atoms with Crippen LogP contribution in [0.5, 0.6) is 0 Å². The standard InChI is InChI=1S/C9H16N2O3S.ClH/c10-7-1-2-15(13,14)9(5-7)3-6(4-9)8(11)12;/h6-7H,1-5,10H2,(H2,11,12);1H. The third kappa shape index (κ3) is 1.94. The number of sulfone groups is 1. The molecule has 1 aliphatic carbocycles. The van der Waals surface area contributed by atoms with E-state index >= 15 is 0 Å². The van der Waals surface area contributed by atoms with Crippen molar-refractivity contribution in [1.82, 2.24) is 0 Å². The normalized spacial score (nSPS) is 40.8. The molecule has 16 heavy (non-hydrogen) atoms. The maximum Gasteiger partial charge on any atom is 0.220 e. The molecule has 0 aromatic carbocycles. The molecule has 94 valence electrons. The third-order valence-electron chi connectivity index (χ3n) is 3.69. The highest BCUT2D eigenvalue weighted by atomic mass is 35.5. The molecule has 1 unspecified atom stereocenters. The minimum absolute atomic E-state index is 0. The lowest BCUT2D eigenvalue weighted by Gasteiger charge is -2.49. The Morgan fingerprint density at radius 1 is 1.25 bits per heavy atom. The van der Waals surface area contributed by atoms with Crippen molar-refractivity contribution in [3.63, 3.8) is 0 Å². The van der Waals surface area contributed by atoms with Crippen LogP contribution in [0.2, 0.25) is 0 Å². The van der Waals surface area contributed by atoms with Gasteiger partial charge in [0.1, 0.15) is 0 Å². The monoisotopic (exact) mass is 268 g/mol. The van der Waals surface area contributed by atoms with Gasteiger partial charge in [0.05, 0.1) is 10.5 Å². The highest BCUT2D eigenvalue weighted by Crippen LogP contribution is 2.49. The predicted molar refractivity (Wildman–Crippen MR) is 62.9 cm³/mol. The summed E-state index contributed by atoms with van der Waals surface area (Å²) in [7, 11) is -3.07. The lowest BCUT2D eigenvalue weighted by molar-refractivity contribution is -0.125. The van der Waals surface area contributed by atoms with Gasteiger partial charge in [-0.25, -0.2) is 8.42 Å². The fourth-order valence-corrected chi connectivity index (χ4v) is 5.11. The van der Waals surface area contributed by atoms with Gasteiger partial charge in [-0.1, -0.05) is 0 Å². The van der Waals surface area contributed by atoms with E-state index in [0.717, 1.165) is 0 Å². The van der Waals surface area contributed by atoms with E-state index in [4.69, 9.17) is 11.5 Å². The summed E-state index contributed by atoms with van der Waals surface area (Å²) < 4.78 is 23.1. The van der Waals surface area contributed by atoms with Crippen LogP contribution in [0.4, 0.5) is 0 Å². The van der Waals surface area contributed by atoms with Gasteiger partial charge in [0, 0.05) is 12.0 Å². The molecule has 1 saturated carbocycles. The largest absolute Gasteiger partial charge is 0.369 e. The molecule has 0 aromatic heterocycles. The smallest absolute Gasteiger partial charge is 0.220 e. The van der Waals surface area contributed by atoms with Crippen LogP contribution in [-0.4, -0.2) is 30.9 Å². The number of hydrogen-bond donors (Lipinski definition) is 2. The number of carbonyl (C=O) groups is 1. The highest BCUT2D eigenvalue weighted by molar-refractivity contribution is 7.92. The Bertz CT molecular complexity index is 390. The number of primary amides is 1. The molecular weight excluding hydrogens is 252 g/mol. The number of halogens is 1. The summed E-state index contributed by atoms with van der Waals surface area (Å²) in [6.45, 7) is 0. The Morgan fingerprint density at radius 3 is 2.31 bits per heavy atom. The molecule has 7 heteroatoms. The molecule has 0 radical (unpaired) electrons. The van der Waals surface area contributed by atoms with Crippen LogP contribution in [0, 0.1) is 5.92 Å². The van der Waals surface area contributed by atoms with Gasteiger partial charge in [-0.05, 0) is 25.7 Å². The van der Waals surface area contributed by atoms with Gasteiger partial charge >= 0.3 is 0 Å². The van der Waals surface area contributed by atoms with Gasteiger partial charge in [0.25, 0.3) is 0 Å². The quantitative estimate of drug-likeness (QED) is 0.674. The molecule has 1 aliphatic heterocycles. The number of amides is 1. The molecular formula is C9H17ClN2O3S. The van der Waals surface area contributed by atoms with Crippen LogP contribution in [-0.2, 0) is 14.6 Å². The van der Waals surface area contributed by atoms with Crippen molar-refractivity contribution in [2.24, 2.45) is 17.4 Å². The van der Waals surface area contributed by atoms with E-state index in [1.165, 1.54) is 0 Å². The van der Waals surface area contributed by atoms with E-state index in [2.05, 4.69) is 0 Å². The second-order valence-corrected chi connectivity index (χ2v) is 7.27. The zero-order chi connectivity index (χ0) is 11.3. The van der Waals surface area contributed by atoms with Crippen molar-refractivity contribution in [2.75, 3.05) is 5.75 Å². The van der Waals surface area contributed by atoms with Crippen LogP contribution in [0.15, 0.2) is 0 Å². The number of carbonyl (C=O) groups excluding carboxylic acids is 1. The van der Waals surface area contributed by atoms with Crippen molar-refractivity contribution in [3.8, 4) is 0 Å². The van der Waals surface area contributed by atoms with E-state index in [0.29, 0.717) is 25.7 Å². The summed E-state index contributed by atoms with van der Waals surface area (Å²) in [6.07, 6.45) is 1.77. The second-order valence-electron chi connectivity index (χ2n) is 4.76. The van der Waals surface area contributed by atoms with Crippen LogP contribution < -0.4 is 11.5 Å². The minimum Gasteiger partial charge on any atom is -0.369 e. The summed E-state index contributed by atoms with van der Waals surface area (Å²) in [4.78, 5) is 10.9. The lowest BCUT2D eigenvalue weighted by atomic mass is 9.70. The van der Waals surface area contributed by atoms with E-state index in [9.17, 15) is 13.2 Å². The zero-order valence-electron chi connectivity index (χ0n) is 8.89. The molecule has 1 heterocycles. The molecule has 0 bridgehead atoms. The van der Waals surface area contributed by atoms with Crippen LogP contribution >= 0.6 is 12.4 Å². The Balaban J connectivity index is 0.00000128. The fourth-order valence-electron chi connectivity index (χ4n) is 2.69. The van der Waals surface area contributed by atoms with Gasteiger partial charge in [-0.15, -0.1) is 12.4 Å². The highest BCUT2D eigenvalue weighted by Gasteiger charge is 2.57. The van der Waals surface area contributed by atoms with Gasteiger partial charge in [0.15, 0.2) is 9.84 Å². The lowest BCUT2D eigenvalue weighted by Crippen LogP contribution is -2.59. The summed E-state index contributed by atoms with van der Waals surface area (Å²) in [5.41, 5.74) is 10.9. The van der Waals surface area contributed by atoms with Gasteiger partial charge < -0.3 is 11.5 Å². The summed E-state index contributed by atoms with van der Waals surface area (Å²) in [5, 5.41) is 0. The van der Waals surface area contributed by atoms with Crippen molar-refractivity contribution in [2.45, 2.75) is 36.5 Å². The van der Waals surface area contributed by atoms with Crippen molar-refractivity contribution in [3.05, 3.63) is 0 Å². The average Bonchev–Trinajstić information content (AvgIpc) is 2.04. The molecule has 2 aliphatic rings. The molecule has 5 nitrogen and oxygen atoms in total. The maximum atomic E-state index is 11.9. The first-order valence-corrected chi connectivity index (χ1v) is 6.79. The van der Waals surface area contributed by atoms with Crippen LogP contribution in [0.25, 0.3) is 0 Å². The van der Waals surface area contributed by atoms with Crippen LogP contribution in [0.1, 0.15) is 25.7 Å². The molecule has 1 amide bonds. The molecule has 1 atom stereocenters. The maximum absolute atomic E-state index is 11.9. The second kappa shape index (κ2) is 4.16. The van der Waals surface area contributed by atoms with Gasteiger partial charge in [0.2, 0.25) is 5.91 Å². The predicted octanol–water partition coefficient (Wildman–Crippen LogP) is -0.422. The Morgan fingerprint density at radius 2 is 1.81 bits per heavy atom. The molecule has 2 rings (SSSR count). The van der Waals surface area contributed by atoms with Crippen LogP contribution in [0.3, 0.4) is 0 Å². The first-order valence-electron chi connectivity index (χ1n) is 5.13. The number of nitrogens with two attached hydrogens (primary N) is 2. The SMILES string of the molecule is Cl.NC(=O)C1CC2(CC(N)CCS2(=O)=O)C1. The zero-order valence-corrected chi connectivity index (χ0v) is 10.5. The molecule has 1 spiro atoms. The Labute approximate surface area is 101 Å². The van der Waals surface area contributed by atoms with E-state index in [1.54, 1.807) is 0 Å². The van der Waals surface area contributed by atoms with Crippen molar-refractivity contribution in [1.29, 1.82) is 0 Å². The number of hydrogen-bond acceptors (Lipinski definition) is 4. The Kier molecular flexibility index (Phi) is 3.57. The first kappa shape index (κ1) is 13.7. The van der Waals surface area contributed by atoms with Gasteiger partial charge in [-0.3, -0.25) is 4.79 Å². The van der Waals surface area contributed by atoms with Crippen molar-refractivity contribution < 1.29 is 13.2 Å². The molecule has 4 N–H and O–H groups in total. The number of rotatable bonds is 1. The summed E-state index contributed by atoms with van der Waals surface area (Å²) >= 11 is 0. The topological polar surface area (TPSA) is 103 Å². The van der Waals surface area contributed by atoms with Gasteiger partial charge in [-0.2, -0.15) is 0 Å². The summed E-state index contributed by atoms with van der Waals surface area (Å²) in [6, 6.07) is -0.0534. The molecule has 0 aromatic rings. The van der Waals surface area contributed by atoms with E-state index < -0.39 is 20.5 Å². The Hall–Kier alpha value is -0.330. The van der Waals surface area contributed by atoms with Crippen molar-refractivity contribution >= 4 is 28.2 Å². The van der Waals surface area contributed by atoms with E-state index in [-0.39, 0.29) is 30.1 Å². The minimum atomic E-state index is -3.07.